The molecule has 1 N–H and O–H groups in total. The van der Waals surface area contributed by atoms with Crippen LogP contribution < -0.4 is 10.4 Å². The van der Waals surface area contributed by atoms with Crippen LogP contribution in [-0.2, 0) is 19.5 Å². The number of nitrogens with one attached hydrogen (secondary N) is 1. The first kappa shape index (κ1) is 25.7. The van der Waals surface area contributed by atoms with Gasteiger partial charge in [0.15, 0.2) is 9.84 Å². The molecule has 0 aliphatic carbocycles. The lowest BCUT2D eigenvalue weighted by molar-refractivity contribution is -0.129. The first-order valence-corrected chi connectivity index (χ1v) is 12.5. The van der Waals surface area contributed by atoms with Crippen LogP contribution in [0.15, 0.2) is 78.0 Å². The van der Waals surface area contributed by atoms with Gasteiger partial charge in [0.05, 0.1) is 22.5 Å². The molecule has 0 saturated heterocycles. The number of aromatic nitrogens is 2. The van der Waals surface area contributed by atoms with E-state index in [1.54, 1.807) is 58.5 Å². The summed E-state index contributed by atoms with van der Waals surface area (Å²) in [5.41, 5.74) is 3.06. The second-order valence-corrected chi connectivity index (χ2v) is 9.92. The quantitative estimate of drug-likeness (QED) is 0.282. The minimum atomic E-state index is -4.65. The lowest BCUT2D eigenvalue weighted by Gasteiger charge is -2.20. The summed E-state index contributed by atoms with van der Waals surface area (Å²) in [6.45, 7) is -1.68. The van der Waals surface area contributed by atoms with E-state index in [4.69, 9.17) is 0 Å². The third-order valence-corrected chi connectivity index (χ3v) is 6.37. The topological polar surface area (TPSA) is 110 Å². The predicted octanol–water partition coefficient (Wildman–Crippen LogP) is 4.24. The number of hydroxylamine groups is 1. The Labute approximate surface area is 209 Å². The lowest BCUT2D eigenvalue weighted by Crippen LogP contribution is -2.43. The van der Waals surface area contributed by atoms with Crippen LogP contribution in [0.4, 0.5) is 23.7 Å². The van der Waals surface area contributed by atoms with Crippen molar-refractivity contribution in [1.82, 2.24) is 14.7 Å². The molecule has 0 aliphatic rings. The number of rotatable bonds is 7. The number of halogens is 3. The molecule has 0 aliphatic heterocycles. The molecule has 0 radical (unpaired) electrons. The van der Waals surface area contributed by atoms with Crippen LogP contribution in [0.1, 0.15) is 0 Å². The second-order valence-electron chi connectivity index (χ2n) is 7.91. The number of sulfone groups is 1. The largest absolute Gasteiger partial charge is 0.405 e. The van der Waals surface area contributed by atoms with Crippen LogP contribution in [0.25, 0.3) is 28.0 Å². The molecule has 0 unspecified atom stereocenters. The van der Waals surface area contributed by atoms with E-state index >= 15 is 0 Å². The van der Waals surface area contributed by atoms with Crippen LogP contribution in [0, 0.1) is 0 Å². The first-order valence-electron chi connectivity index (χ1n) is 10.6. The molecular formula is C24H19F3N4O5S. The van der Waals surface area contributed by atoms with E-state index in [1.807, 2.05) is 0 Å². The number of carbonyl (C=O) groups excluding carboxylic acids is 2. The summed E-state index contributed by atoms with van der Waals surface area (Å²) in [5.74, 6) is 0. The zero-order valence-electron chi connectivity index (χ0n) is 19.1. The smallest absolute Gasteiger partial charge is 0.335 e. The second kappa shape index (κ2) is 9.93. The summed E-state index contributed by atoms with van der Waals surface area (Å²) in [7, 11) is -3.38. The number of imidazole rings is 1. The standard InChI is InChI=1S/C24H19F3N4O5S/c1-37(34,35)20-7-3-4-16(11-20)17-8-9-30-21(13-28-22(30)12-17)18-5-2-6-19(10-18)31(36-15-32)23(33)29-14-24(25,26)27/h2-13,15H,14H2,1H3,(H,29,33). The molecule has 2 amide bonds. The number of hydrogen-bond acceptors (Lipinski definition) is 6. The highest BCUT2D eigenvalue weighted by Crippen LogP contribution is 2.29. The number of anilines is 1. The normalized spacial score (nSPS) is 11.8. The zero-order chi connectivity index (χ0) is 26.8. The maximum atomic E-state index is 12.5. The maximum absolute atomic E-state index is 12.5. The van der Waals surface area contributed by atoms with Gasteiger partial charge in [0.2, 0.25) is 0 Å². The molecule has 13 heteroatoms. The Balaban J connectivity index is 1.66. The average Bonchev–Trinajstić information content (AvgIpc) is 3.28. The fourth-order valence-electron chi connectivity index (χ4n) is 3.59. The maximum Gasteiger partial charge on any atom is 0.405 e. The number of alkyl halides is 3. The summed E-state index contributed by atoms with van der Waals surface area (Å²) >= 11 is 0. The van der Waals surface area contributed by atoms with Crippen molar-refractivity contribution in [2.45, 2.75) is 11.1 Å². The molecule has 37 heavy (non-hydrogen) atoms. The highest BCUT2D eigenvalue weighted by molar-refractivity contribution is 7.90. The zero-order valence-corrected chi connectivity index (χ0v) is 20.0. The van der Waals surface area contributed by atoms with Crippen LogP contribution >= 0.6 is 0 Å². The van der Waals surface area contributed by atoms with Crippen molar-refractivity contribution in [3.63, 3.8) is 0 Å². The molecular weight excluding hydrogens is 513 g/mol. The molecule has 0 atom stereocenters. The van der Waals surface area contributed by atoms with Crippen molar-refractivity contribution in [3.8, 4) is 22.4 Å². The number of amides is 2. The summed E-state index contributed by atoms with van der Waals surface area (Å²) in [6.07, 6.45) is -0.236. The fourth-order valence-corrected chi connectivity index (χ4v) is 4.26. The third kappa shape index (κ3) is 5.89. The number of benzene rings is 2. The van der Waals surface area contributed by atoms with Gasteiger partial charge in [0.1, 0.15) is 12.2 Å². The van der Waals surface area contributed by atoms with Gasteiger partial charge in [-0.05, 0) is 47.5 Å². The van der Waals surface area contributed by atoms with Gasteiger partial charge in [-0.3, -0.25) is 9.20 Å². The minimum absolute atomic E-state index is 0.00781. The SMILES string of the molecule is CS(=O)(=O)c1cccc(-c2ccn3c(-c4cccc(N(OC=O)C(=O)NCC(F)(F)F)c4)cnc3c2)c1. The number of hydrogen-bond donors (Lipinski definition) is 1. The van der Waals surface area contributed by atoms with Gasteiger partial charge in [-0.15, -0.1) is 5.06 Å². The van der Waals surface area contributed by atoms with Crippen LogP contribution in [0.5, 0.6) is 0 Å². The number of urea groups is 1. The van der Waals surface area contributed by atoms with Crippen molar-refractivity contribution in [2.75, 3.05) is 17.9 Å². The molecule has 0 fully saturated rings. The Hall–Kier alpha value is -4.39. The molecule has 2 aromatic carbocycles. The molecule has 4 rings (SSSR count). The van der Waals surface area contributed by atoms with Gasteiger partial charge in [-0.25, -0.2) is 18.2 Å². The van der Waals surface area contributed by atoms with Gasteiger partial charge in [-0.2, -0.15) is 13.2 Å². The molecule has 4 aromatic rings. The van der Waals surface area contributed by atoms with E-state index < -0.39 is 28.6 Å². The molecule has 2 heterocycles. The Morgan fingerprint density at radius 2 is 1.78 bits per heavy atom. The van der Waals surface area contributed by atoms with Gasteiger partial charge in [0, 0.05) is 18.0 Å². The van der Waals surface area contributed by atoms with E-state index in [2.05, 4.69) is 9.82 Å². The summed E-state index contributed by atoms with van der Waals surface area (Å²) in [4.78, 5) is 32.3. The molecule has 0 bridgehead atoms. The van der Waals surface area contributed by atoms with Gasteiger partial charge in [-0.1, -0.05) is 24.3 Å². The molecule has 0 saturated carbocycles. The lowest BCUT2D eigenvalue weighted by atomic mass is 10.1. The van der Waals surface area contributed by atoms with E-state index in [-0.39, 0.29) is 17.1 Å². The van der Waals surface area contributed by atoms with Gasteiger partial charge >= 0.3 is 18.7 Å². The fraction of sp³-hybridized carbons (Fsp3) is 0.125. The Bertz CT molecular complexity index is 1580. The van der Waals surface area contributed by atoms with Crippen molar-refractivity contribution < 1.29 is 36.0 Å². The van der Waals surface area contributed by atoms with Crippen molar-refractivity contribution in [3.05, 3.63) is 73.1 Å². The highest BCUT2D eigenvalue weighted by Gasteiger charge is 2.30. The van der Waals surface area contributed by atoms with E-state index in [1.165, 1.54) is 24.3 Å². The number of nitrogens with zero attached hydrogens (tertiary/aromatic N) is 3. The molecule has 192 valence electrons. The van der Waals surface area contributed by atoms with Crippen molar-refractivity contribution >= 4 is 33.7 Å². The monoisotopic (exact) mass is 532 g/mol. The van der Waals surface area contributed by atoms with Crippen molar-refractivity contribution in [2.24, 2.45) is 0 Å². The Morgan fingerprint density at radius 1 is 1.08 bits per heavy atom. The van der Waals surface area contributed by atoms with Crippen LogP contribution in [0.3, 0.4) is 0 Å². The number of fused-ring (bicyclic) bond motifs is 1. The van der Waals surface area contributed by atoms with Crippen LogP contribution in [-0.4, -0.2) is 49.3 Å². The van der Waals surface area contributed by atoms with E-state index in [9.17, 15) is 31.2 Å². The Kier molecular flexibility index (Phi) is 6.90. The molecule has 2 aromatic heterocycles. The minimum Gasteiger partial charge on any atom is -0.335 e. The predicted molar refractivity (Wildman–Crippen MR) is 128 cm³/mol. The number of carbonyl (C=O) groups is 2. The van der Waals surface area contributed by atoms with Gasteiger partial charge in [0.25, 0.3) is 0 Å². The highest BCUT2D eigenvalue weighted by atomic mass is 32.2. The average molecular weight is 533 g/mol. The molecule has 0 spiro atoms. The van der Waals surface area contributed by atoms with Gasteiger partial charge < -0.3 is 10.2 Å². The first-order chi connectivity index (χ1) is 17.5. The van der Waals surface area contributed by atoms with Crippen molar-refractivity contribution in [1.29, 1.82) is 0 Å². The van der Waals surface area contributed by atoms with E-state index in [0.29, 0.717) is 27.5 Å². The Morgan fingerprint density at radius 3 is 2.49 bits per heavy atom. The summed E-state index contributed by atoms with van der Waals surface area (Å²) in [5, 5.41) is 2.06. The third-order valence-electron chi connectivity index (χ3n) is 5.26. The van der Waals surface area contributed by atoms with E-state index in [0.717, 1.165) is 11.8 Å². The molecule has 9 nitrogen and oxygen atoms in total. The summed E-state index contributed by atoms with van der Waals surface area (Å²) in [6, 6.07) is 14.8. The summed E-state index contributed by atoms with van der Waals surface area (Å²) < 4.78 is 63.0. The van der Waals surface area contributed by atoms with Crippen LogP contribution in [0.2, 0.25) is 0 Å². The number of pyridine rings is 1.